The maximum Gasteiger partial charge on any atom is 0.0655 e. The topological polar surface area (TPSA) is 9.86 Å². The standard InChI is InChI=1S/C42H22N2S2/c1-2-10-23(11-3-1)43-28-16-6-4-12-26(28)36-30(43)20-21-31-37(36)27-13-5-7-17-29(27)44(31)32-22-35-40-38-24(14-8-18-33(38)45-35)25-15-9-19-34-39(25)41(40)42(32)46-34/h1-22H. The Kier molecular flexibility index (Phi) is 4.28. The lowest BCUT2D eigenvalue weighted by Gasteiger charge is -2.13. The van der Waals surface area contributed by atoms with Gasteiger partial charge in [-0.2, -0.15) is 0 Å². The van der Waals surface area contributed by atoms with Crippen molar-refractivity contribution in [2.24, 2.45) is 0 Å². The normalized spacial score (nSPS) is 12.8. The van der Waals surface area contributed by atoms with Gasteiger partial charge in [0.15, 0.2) is 0 Å². The molecule has 0 amide bonds. The van der Waals surface area contributed by atoms with Crippen LogP contribution in [-0.4, -0.2) is 9.13 Å². The summed E-state index contributed by atoms with van der Waals surface area (Å²) in [5.74, 6) is 0. The Morgan fingerprint density at radius 3 is 1.63 bits per heavy atom. The minimum atomic E-state index is 1.18. The number of benzene rings is 8. The molecule has 0 fully saturated rings. The van der Waals surface area contributed by atoms with Crippen molar-refractivity contribution in [2.45, 2.75) is 0 Å². The molecule has 0 aliphatic heterocycles. The van der Waals surface area contributed by atoms with Crippen molar-refractivity contribution < 1.29 is 0 Å². The number of nitrogens with zero attached hydrogens (tertiary/aromatic N) is 2. The summed E-state index contributed by atoms with van der Waals surface area (Å²) >= 11 is 3.88. The number of rotatable bonds is 2. The molecule has 0 spiro atoms. The molecule has 0 aliphatic carbocycles. The molecule has 212 valence electrons. The van der Waals surface area contributed by atoms with Gasteiger partial charge in [0.05, 0.1) is 32.5 Å². The Balaban J connectivity index is 1.31. The molecule has 0 radical (unpaired) electrons. The summed E-state index contributed by atoms with van der Waals surface area (Å²) in [5.41, 5.74) is 7.43. The maximum atomic E-state index is 2.56. The average Bonchev–Trinajstić information content (AvgIpc) is 3.85. The van der Waals surface area contributed by atoms with Gasteiger partial charge in [0.25, 0.3) is 0 Å². The van der Waals surface area contributed by atoms with Crippen LogP contribution >= 0.6 is 22.7 Å². The Hall–Kier alpha value is -5.42. The Labute approximate surface area is 270 Å². The predicted octanol–water partition coefficient (Wildman–Crippen LogP) is 12.6. The van der Waals surface area contributed by atoms with Crippen molar-refractivity contribution in [3.63, 3.8) is 0 Å². The molecule has 12 aromatic rings. The number of aromatic nitrogens is 2. The van der Waals surface area contributed by atoms with Gasteiger partial charge in [0.1, 0.15) is 0 Å². The van der Waals surface area contributed by atoms with Crippen LogP contribution in [0, 0.1) is 0 Å². The molecule has 0 unspecified atom stereocenters. The third-order valence-corrected chi connectivity index (χ3v) is 12.5. The molecule has 4 heterocycles. The molecule has 2 nitrogen and oxygen atoms in total. The third-order valence-electron chi connectivity index (χ3n) is 10.2. The van der Waals surface area contributed by atoms with Crippen LogP contribution in [0.3, 0.4) is 0 Å². The minimum absolute atomic E-state index is 1.18. The first-order chi connectivity index (χ1) is 22.8. The smallest absolute Gasteiger partial charge is 0.0655 e. The van der Waals surface area contributed by atoms with E-state index in [1.807, 2.05) is 22.7 Å². The SMILES string of the molecule is c1ccc(-n2c3ccccc3c3c4c5ccccc5n(-c5cc6sc7cccc8c9cccc%10sc5c(c%109)c6c78)c4ccc32)cc1. The summed E-state index contributed by atoms with van der Waals surface area (Å²) < 4.78 is 10.5. The van der Waals surface area contributed by atoms with E-state index in [0.717, 1.165) is 0 Å². The van der Waals surface area contributed by atoms with Crippen molar-refractivity contribution >= 4 is 117 Å². The van der Waals surface area contributed by atoms with Crippen LogP contribution in [0.2, 0.25) is 0 Å². The average molecular weight is 619 g/mol. The summed E-state index contributed by atoms with van der Waals surface area (Å²) in [6.07, 6.45) is 0. The minimum Gasteiger partial charge on any atom is -0.309 e. The first kappa shape index (κ1) is 23.9. The van der Waals surface area contributed by atoms with E-state index in [-0.39, 0.29) is 0 Å². The first-order valence-corrected chi connectivity index (χ1v) is 17.3. The molecule has 0 saturated heterocycles. The number of hydrogen-bond acceptors (Lipinski definition) is 2. The Morgan fingerprint density at radius 2 is 0.913 bits per heavy atom. The second-order valence-corrected chi connectivity index (χ2v) is 14.6. The lowest BCUT2D eigenvalue weighted by atomic mass is 9.94. The zero-order chi connectivity index (χ0) is 29.7. The molecule has 0 aliphatic rings. The molecule has 0 bridgehead atoms. The van der Waals surface area contributed by atoms with E-state index in [2.05, 4.69) is 143 Å². The summed E-state index contributed by atoms with van der Waals surface area (Å²) in [7, 11) is 0. The van der Waals surface area contributed by atoms with Gasteiger partial charge in [-0.25, -0.2) is 0 Å². The number of hydrogen-bond donors (Lipinski definition) is 0. The molecule has 0 N–H and O–H groups in total. The second kappa shape index (κ2) is 8.24. The third kappa shape index (κ3) is 2.72. The van der Waals surface area contributed by atoms with Crippen molar-refractivity contribution in [1.29, 1.82) is 0 Å². The monoisotopic (exact) mass is 618 g/mol. The molecule has 0 saturated carbocycles. The summed E-state index contributed by atoms with van der Waals surface area (Å²) in [5, 5.41) is 13.7. The van der Waals surface area contributed by atoms with Gasteiger partial charge in [-0.1, -0.05) is 78.9 Å². The molecule has 12 rings (SSSR count). The molecule has 4 heteroatoms. The molecule has 46 heavy (non-hydrogen) atoms. The highest BCUT2D eigenvalue weighted by Crippen LogP contribution is 2.53. The zero-order valence-corrected chi connectivity index (χ0v) is 26.0. The van der Waals surface area contributed by atoms with Gasteiger partial charge < -0.3 is 9.13 Å². The fraction of sp³-hybridized carbons (Fsp3) is 0. The molecular formula is C42H22N2S2. The van der Waals surface area contributed by atoms with E-state index in [1.54, 1.807) is 0 Å². The van der Waals surface area contributed by atoms with Gasteiger partial charge in [-0.15, -0.1) is 22.7 Å². The molecule has 4 aromatic heterocycles. The number of para-hydroxylation sites is 3. The van der Waals surface area contributed by atoms with E-state index in [9.17, 15) is 0 Å². The summed E-state index contributed by atoms with van der Waals surface area (Å²) in [6, 6.07) is 49.5. The second-order valence-electron chi connectivity index (χ2n) is 12.4. The van der Waals surface area contributed by atoms with Gasteiger partial charge in [0.2, 0.25) is 0 Å². The largest absolute Gasteiger partial charge is 0.309 e. The van der Waals surface area contributed by atoms with E-state index in [4.69, 9.17) is 0 Å². The fourth-order valence-corrected chi connectivity index (χ4v) is 10.9. The van der Waals surface area contributed by atoms with Crippen LogP contribution < -0.4 is 0 Å². The van der Waals surface area contributed by atoms with E-state index >= 15 is 0 Å². The van der Waals surface area contributed by atoms with E-state index in [1.165, 1.54) is 106 Å². The van der Waals surface area contributed by atoms with E-state index in [0.29, 0.717) is 0 Å². The van der Waals surface area contributed by atoms with Crippen molar-refractivity contribution in [2.75, 3.05) is 0 Å². The quantitative estimate of drug-likeness (QED) is 0.171. The molecular weight excluding hydrogens is 597 g/mol. The first-order valence-electron chi connectivity index (χ1n) is 15.7. The van der Waals surface area contributed by atoms with Crippen LogP contribution in [0.1, 0.15) is 0 Å². The molecule has 0 atom stereocenters. The van der Waals surface area contributed by atoms with Gasteiger partial charge in [-0.05, 0) is 65.4 Å². The highest BCUT2D eigenvalue weighted by atomic mass is 32.1. The van der Waals surface area contributed by atoms with Crippen molar-refractivity contribution in [3.05, 3.63) is 133 Å². The number of thiophene rings is 2. The van der Waals surface area contributed by atoms with Crippen LogP contribution in [0.4, 0.5) is 0 Å². The zero-order valence-electron chi connectivity index (χ0n) is 24.4. The van der Waals surface area contributed by atoms with Gasteiger partial charge in [-0.3, -0.25) is 0 Å². The predicted molar refractivity (Wildman–Crippen MR) is 201 cm³/mol. The van der Waals surface area contributed by atoms with Crippen molar-refractivity contribution in [3.8, 4) is 11.4 Å². The Bertz CT molecular complexity index is 3190. The highest BCUT2D eigenvalue weighted by Gasteiger charge is 2.26. The summed E-state index contributed by atoms with van der Waals surface area (Å²) in [4.78, 5) is 0. The van der Waals surface area contributed by atoms with Crippen LogP contribution in [-0.2, 0) is 0 Å². The Morgan fingerprint density at radius 1 is 0.348 bits per heavy atom. The van der Waals surface area contributed by atoms with Gasteiger partial charge >= 0.3 is 0 Å². The fourth-order valence-electron chi connectivity index (χ4n) is 8.52. The molecule has 8 aromatic carbocycles. The lowest BCUT2D eigenvalue weighted by Crippen LogP contribution is -1.95. The highest BCUT2D eigenvalue weighted by molar-refractivity contribution is 7.28. The number of fused-ring (bicyclic) bond motifs is 8. The van der Waals surface area contributed by atoms with Gasteiger partial charge in [0, 0.05) is 62.9 Å². The van der Waals surface area contributed by atoms with Crippen LogP contribution in [0.25, 0.3) is 106 Å². The van der Waals surface area contributed by atoms with Crippen LogP contribution in [0.5, 0.6) is 0 Å². The lowest BCUT2D eigenvalue weighted by molar-refractivity contribution is 1.18. The maximum absolute atomic E-state index is 2.56. The summed E-state index contributed by atoms with van der Waals surface area (Å²) in [6.45, 7) is 0. The van der Waals surface area contributed by atoms with E-state index < -0.39 is 0 Å². The van der Waals surface area contributed by atoms with Crippen LogP contribution in [0.15, 0.2) is 133 Å². The van der Waals surface area contributed by atoms with Crippen molar-refractivity contribution in [1.82, 2.24) is 9.13 Å².